The number of rotatable bonds is 8. The van der Waals surface area contributed by atoms with Crippen molar-refractivity contribution in [3.63, 3.8) is 0 Å². The van der Waals surface area contributed by atoms with Crippen molar-refractivity contribution >= 4 is 0 Å². The molecule has 0 radical (unpaired) electrons. The Morgan fingerprint density at radius 1 is 1.05 bits per heavy atom. The smallest absolute Gasteiger partial charge is 0.357 e. The van der Waals surface area contributed by atoms with Crippen molar-refractivity contribution in [2.75, 3.05) is 26.9 Å². The van der Waals surface area contributed by atoms with Gasteiger partial charge in [-0.05, 0) is 36.9 Å². The fourth-order valence-electron chi connectivity index (χ4n) is 1.85. The van der Waals surface area contributed by atoms with Crippen molar-refractivity contribution in [1.82, 2.24) is 4.90 Å². The molecule has 0 aliphatic heterocycles. The van der Waals surface area contributed by atoms with Crippen molar-refractivity contribution < 1.29 is 25.9 Å². The van der Waals surface area contributed by atoms with Gasteiger partial charge in [0.25, 0.3) is 6.67 Å². The number of nitrogens with zero attached hydrogens (tertiary/aromatic N) is 2. The van der Waals surface area contributed by atoms with Gasteiger partial charge in [0, 0.05) is 6.54 Å². The van der Waals surface area contributed by atoms with Crippen LogP contribution in [0.2, 0.25) is 0 Å². The summed E-state index contributed by atoms with van der Waals surface area (Å²) in [6.07, 6.45) is 0. The maximum absolute atomic E-state index is 6.79. The minimum Gasteiger partial charge on any atom is -0.375 e. The number of benzene rings is 2. The summed E-state index contributed by atoms with van der Waals surface area (Å²) in [6, 6.07) is 19.4. The fraction of sp³-hybridized carbons (Fsp3) is 0.278. The molecule has 2 aromatic carbocycles. The number of halogens is 1. The summed E-state index contributed by atoms with van der Waals surface area (Å²) >= 11 is -0.0899. The Kier molecular flexibility index (Phi) is 7.37. The van der Waals surface area contributed by atoms with Crippen molar-refractivity contribution in [3.05, 3.63) is 78.7 Å². The molecule has 0 unspecified atom stereocenters. The lowest BCUT2D eigenvalue weighted by Crippen LogP contribution is -3.61. The first-order valence-corrected chi connectivity index (χ1v) is 9.32. The zero-order chi connectivity index (χ0) is 15.6. The van der Waals surface area contributed by atoms with E-state index in [0.29, 0.717) is 19.9 Å². The van der Waals surface area contributed by atoms with Gasteiger partial charge in [-0.3, -0.25) is 4.85 Å². The van der Waals surface area contributed by atoms with Crippen LogP contribution >= 0.6 is 0 Å². The molecule has 0 aliphatic carbocycles. The minimum atomic E-state index is -0.0899. The Labute approximate surface area is 143 Å². The zero-order valence-corrected chi connectivity index (χ0v) is 14.9. The van der Waals surface area contributed by atoms with Crippen LogP contribution in [-0.2, 0) is 11.3 Å². The van der Waals surface area contributed by atoms with Gasteiger partial charge in [0.15, 0.2) is 7.14 Å². The molecule has 3 nitrogen and oxygen atoms in total. The van der Waals surface area contributed by atoms with Gasteiger partial charge in [0.1, 0.15) is 0 Å². The molecule has 0 spiro atoms. The third-order valence-corrected chi connectivity index (χ3v) is 5.75. The third-order valence-electron chi connectivity index (χ3n) is 3.06. The van der Waals surface area contributed by atoms with Crippen LogP contribution in [0.3, 0.4) is 0 Å². The molecule has 0 heterocycles. The van der Waals surface area contributed by atoms with E-state index in [-0.39, 0.29) is 21.2 Å². The van der Waals surface area contributed by atoms with Gasteiger partial charge in [-0.2, -0.15) is 0 Å². The minimum absolute atomic E-state index is 0.0899. The topological polar surface area (TPSA) is 16.8 Å². The first-order chi connectivity index (χ1) is 10.8. The molecule has 0 aliphatic rings. The van der Waals surface area contributed by atoms with Crippen LogP contribution in [0, 0.1) is 13.7 Å². The van der Waals surface area contributed by atoms with Crippen LogP contribution in [-0.4, -0.2) is 31.8 Å². The summed E-state index contributed by atoms with van der Waals surface area (Å²) in [5.41, 5.74) is 1.20. The van der Waals surface area contributed by atoms with E-state index in [2.05, 4.69) is 59.4 Å². The van der Waals surface area contributed by atoms with Crippen molar-refractivity contribution in [1.29, 1.82) is 0 Å². The molecule has 0 fully saturated rings. The molecule has 0 amide bonds. The second-order valence-corrected chi connectivity index (χ2v) is 7.98. The Morgan fingerprint density at radius 2 is 1.73 bits per heavy atom. The average molecular weight is 407 g/mol. The standard InChI is InChI=1S/C18H20IN2O/c1-20-15-21(2)12-13-22-14-16-8-10-18(11-9-16)19-17-6-4-3-5-7-17/h3-11H,12-15H2,2H3/q+1. The molecule has 22 heavy (non-hydrogen) atoms. The van der Waals surface area contributed by atoms with Crippen LogP contribution in [0.1, 0.15) is 5.56 Å². The highest BCUT2D eigenvalue weighted by atomic mass is 127. The molecule has 0 saturated heterocycles. The number of ether oxygens (including phenoxy) is 1. The molecule has 0 bridgehead atoms. The lowest BCUT2D eigenvalue weighted by Gasteiger charge is -2.09. The second-order valence-electron chi connectivity index (χ2n) is 4.95. The molecular weight excluding hydrogens is 387 g/mol. The second kappa shape index (κ2) is 9.57. The lowest BCUT2D eigenvalue weighted by molar-refractivity contribution is -0.597. The number of hydrogen-bond acceptors (Lipinski definition) is 2. The first kappa shape index (κ1) is 16.9. The van der Waals surface area contributed by atoms with Crippen LogP contribution in [0.25, 0.3) is 4.85 Å². The molecule has 0 N–H and O–H groups in total. The Hall–Kier alpha value is -1.42. The summed E-state index contributed by atoms with van der Waals surface area (Å²) < 4.78 is 8.52. The van der Waals surface area contributed by atoms with E-state index < -0.39 is 0 Å². The van der Waals surface area contributed by atoms with Gasteiger partial charge in [-0.25, -0.2) is 11.5 Å². The van der Waals surface area contributed by atoms with Crippen molar-refractivity contribution in [2.24, 2.45) is 0 Å². The summed E-state index contributed by atoms with van der Waals surface area (Å²) in [6.45, 7) is 9.31. The predicted octanol–water partition coefficient (Wildman–Crippen LogP) is 0.140. The van der Waals surface area contributed by atoms with E-state index in [0.717, 1.165) is 6.54 Å². The summed E-state index contributed by atoms with van der Waals surface area (Å²) in [5.74, 6) is 0. The molecule has 0 saturated carbocycles. The summed E-state index contributed by atoms with van der Waals surface area (Å²) in [4.78, 5) is 5.30. The highest BCUT2D eigenvalue weighted by molar-refractivity contribution is 5.13. The molecular formula is C18H20IN2O+. The normalized spacial score (nSPS) is 10.6. The van der Waals surface area contributed by atoms with Gasteiger partial charge >= 0.3 is 21.2 Å². The van der Waals surface area contributed by atoms with Crippen LogP contribution in [0.4, 0.5) is 0 Å². The summed E-state index contributed by atoms with van der Waals surface area (Å²) in [5, 5.41) is 0. The van der Waals surface area contributed by atoms with E-state index in [4.69, 9.17) is 11.3 Å². The van der Waals surface area contributed by atoms with Crippen molar-refractivity contribution in [3.8, 4) is 0 Å². The Morgan fingerprint density at radius 3 is 2.41 bits per heavy atom. The molecule has 0 aromatic heterocycles. The van der Waals surface area contributed by atoms with Gasteiger partial charge in [0.05, 0.1) is 13.2 Å². The van der Waals surface area contributed by atoms with E-state index in [1.54, 1.807) is 0 Å². The van der Waals surface area contributed by atoms with E-state index in [1.807, 2.05) is 11.9 Å². The molecule has 0 atom stereocenters. The van der Waals surface area contributed by atoms with Gasteiger partial charge in [-0.1, -0.05) is 30.3 Å². The number of likely N-dealkylation sites (N-methyl/N-ethyl adjacent to an activating group) is 1. The predicted molar refractivity (Wildman–Crippen MR) is 84.0 cm³/mol. The maximum atomic E-state index is 6.79. The Balaban J connectivity index is 1.74. The third kappa shape index (κ3) is 6.14. The molecule has 4 heteroatoms. The van der Waals surface area contributed by atoms with Crippen molar-refractivity contribution in [2.45, 2.75) is 6.61 Å². The average Bonchev–Trinajstić information content (AvgIpc) is 2.54. The molecule has 2 aromatic rings. The highest BCUT2D eigenvalue weighted by Crippen LogP contribution is 2.00. The van der Waals surface area contributed by atoms with Crippen LogP contribution < -0.4 is 21.2 Å². The maximum Gasteiger partial charge on any atom is 0.357 e. The molecule has 2 rings (SSSR count). The Bertz CT molecular complexity index is 593. The van der Waals surface area contributed by atoms with Gasteiger partial charge < -0.3 is 4.74 Å². The van der Waals surface area contributed by atoms with E-state index >= 15 is 0 Å². The van der Waals surface area contributed by atoms with E-state index in [9.17, 15) is 0 Å². The summed E-state index contributed by atoms with van der Waals surface area (Å²) in [7, 11) is 1.93. The highest BCUT2D eigenvalue weighted by Gasteiger charge is 2.14. The van der Waals surface area contributed by atoms with Crippen LogP contribution in [0.5, 0.6) is 0 Å². The zero-order valence-electron chi connectivity index (χ0n) is 12.7. The van der Waals surface area contributed by atoms with Gasteiger partial charge in [0.2, 0.25) is 0 Å². The van der Waals surface area contributed by atoms with Crippen LogP contribution in [0.15, 0.2) is 54.6 Å². The lowest BCUT2D eigenvalue weighted by atomic mass is 10.2. The largest absolute Gasteiger partial charge is 0.375 e. The fourth-order valence-corrected chi connectivity index (χ4v) is 4.06. The quantitative estimate of drug-likeness (QED) is 0.352. The molecule has 114 valence electrons. The number of hydrogen-bond donors (Lipinski definition) is 0. The van der Waals surface area contributed by atoms with Gasteiger partial charge in [-0.15, -0.1) is 0 Å². The first-order valence-electron chi connectivity index (χ1n) is 7.16. The SMILES string of the molecule is [C-]#[N+]CN(C)CCOCc1ccc([I+]c2ccccc2)cc1. The van der Waals surface area contributed by atoms with E-state index in [1.165, 1.54) is 12.7 Å². The monoisotopic (exact) mass is 407 g/mol.